The van der Waals surface area contributed by atoms with Crippen molar-refractivity contribution in [2.24, 2.45) is 0 Å². The molecule has 0 fully saturated rings. The zero-order chi connectivity index (χ0) is 12.3. The van der Waals surface area contributed by atoms with Crippen molar-refractivity contribution in [3.63, 3.8) is 0 Å². The van der Waals surface area contributed by atoms with Crippen LogP contribution in [0, 0.1) is 0 Å². The van der Waals surface area contributed by atoms with Crippen LogP contribution in [0.1, 0.15) is 11.1 Å². The molecule has 0 aliphatic heterocycles. The van der Waals surface area contributed by atoms with E-state index in [1.54, 1.807) is 0 Å². The molecule has 0 unspecified atom stereocenters. The minimum Gasteiger partial charge on any atom is -0.0905 e. The quantitative estimate of drug-likeness (QED) is 0.473. The summed E-state index contributed by atoms with van der Waals surface area (Å²) in [4.78, 5) is 0. The van der Waals surface area contributed by atoms with Gasteiger partial charge in [0.1, 0.15) is 0 Å². The highest BCUT2D eigenvalue weighted by atomic mass is 14.2. The Morgan fingerprint density at radius 2 is 1.39 bits per heavy atom. The lowest BCUT2D eigenvalue weighted by Gasteiger charge is -2.06. The van der Waals surface area contributed by atoms with E-state index in [2.05, 4.69) is 61.7 Å². The Morgan fingerprint density at radius 3 is 2.28 bits per heavy atom. The van der Waals surface area contributed by atoms with E-state index in [0.29, 0.717) is 0 Å². The molecule has 0 amide bonds. The summed E-state index contributed by atoms with van der Waals surface area (Å²) >= 11 is 0. The average Bonchev–Trinajstić information content (AvgIpc) is 2.66. The van der Waals surface area contributed by atoms with Gasteiger partial charge in [-0.05, 0) is 49.9 Å². The maximum absolute atomic E-state index is 4.18. The van der Waals surface area contributed by atoms with Crippen molar-refractivity contribution in [3.05, 3.63) is 72.8 Å². The first-order chi connectivity index (χ1) is 8.77. The third-order valence-corrected chi connectivity index (χ3v) is 3.90. The van der Waals surface area contributed by atoms with Gasteiger partial charge in [0.2, 0.25) is 0 Å². The molecule has 1 aliphatic carbocycles. The summed E-state index contributed by atoms with van der Waals surface area (Å²) in [7, 11) is 0. The van der Waals surface area contributed by atoms with Crippen LogP contribution >= 0.6 is 0 Å². The zero-order valence-electron chi connectivity index (χ0n) is 10.0. The lowest BCUT2D eigenvalue weighted by atomic mass is 9.97. The third-order valence-electron chi connectivity index (χ3n) is 3.90. The zero-order valence-corrected chi connectivity index (χ0v) is 10.0. The van der Waals surface area contributed by atoms with Crippen LogP contribution in [0.3, 0.4) is 0 Å². The Labute approximate surface area is 106 Å². The van der Waals surface area contributed by atoms with Crippen molar-refractivity contribution in [2.45, 2.75) is 0 Å². The van der Waals surface area contributed by atoms with Crippen molar-refractivity contribution < 1.29 is 0 Å². The molecule has 3 aromatic carbocycles. The molecule has 0 N–H and O–H groups in total. The Bertz CT molecular complexity index is 850. The highest BCUT2D eigenvalue weighted by molar-refractivity contribution is 6.26. The molecule has 0 saturated carbocycles. The van der Waals surface area contributed by atoms with E-state index in [0.717, 1.165) is 11.1 Å². The molecule has 0 aromatic heterocycles. The van der Waals surface area contributed by atoms with Crippen molar-refractivity contribution in [1.82, 2.24) is 0 Å². The number of hydrogen-bond acceptors (Lipinski definition) is 0. The number of rotatable bonds is 0. The molecule has 0 heteroatoms. The molecular weight excluding hydrogens is 216 g/mol. The standard InChI is InChI=1S/C18H12/c1-11-12(2)17-10-13-6-3-4-7-15(13)16-9-5-8-14(11)18(16)17/h3-10H,1-2H2. The molecule has 0 atom stereocenters. The van der Waals surface area contributed by atoms with E-state index in [9.17, 15) is 0 Å². The van der Waals surface area contributed by atoms with Crippen LogP contribution in [-0.4, -0.2) is 0 Å². The highest BCUT2D eigenvalue weighted by Gasteiger charge is 2.21. The normalized spacial score (nSPS) is 13.8. The topological polar surface area (TPSA) is 0 Å². The van der Waals surface area contributed by atoms with E-state index in [4.69, 9.17) is 0 Å². The van der Waals surface area contributed by atoms with Crippen molar-refractivity contribution in [1.29, 1.82) is 0 Å². The van der Waals surface area contributed by atoms with E-state index < -0.39 is 0 Å². The van der Waals surface area contributed by atoms with Gasteiger partial charge >= 0.3 is 0 Å². The van der Waals surface area contributed by atoms with Gasteiger partial charge in [-0.25, -0.2) is 0 Å². The predicted octanol–water partition coefficient (Wildman–Crippen LogP) is 5.03. The monoisotopic (exact) mass is 228 g/mol. The van der Waals surface area contributed by atoms with Crippen LogP contribution < -0.4 is 0 Å². The Balaban J connectivity index is 2.37. The van der Waals surface area contributed by atoms with Crippen LogP contribution in [-0.2, 0) is 0 Å². The first-order valence-electron chi connectivity index (χ1n) is 6.11. The molecule has 3 aromatic rings. The van der Waals surface area contributed by atoms with Crippen molar-refractivity contribution in [3.8, 4) is 0 Å². The maximum Gasteiger partial charge on any atom is -0.00204 e. The summed E-state index contributed by atoms with van der Waals surface area (Å²) < 4.78 is 0. The molecule has 4 rings (SSSR count). The van der Waals surface area contributed by atoms with Gasteiger partial charge in [-0.3, -0.25) is 0 Å². The molecule has 0 nitrogen and oxygen atoms in total. The summed E-state index contributed by atoms with van der Waals surface area (Å²) in [5.41, 5.74) is 4.60. The highest BCUT2D eigenvalue weighted by Crippen LogP contribution is 2.45. The molecule has 84 valence electrons. The maximum atomic E-state index is 4.18. The first kappa shape index (κ1) is 9.67. The summed E-state index contributed by atoms with van der Waals surface area (Å²) in [5.74, 6) is 0. The van der Waals surface area contributed by atoms with Gasteiger partial charge in [0.05, 0.1) is 0 Å². The van der Waals surface area contributed by atoms with Gasteiger partial charge in [0, 0.05) is 0 Å². The smallest absolute Gasteiger partial charge is 0.00204 e. The molecule has 0 spiro atoms. The number of hydrogen-bond donors (Lipinski definition) is 0. The van der Waals surface area contributed by atoms with Crippen LogP contribution in [0.2, 0.25) is 0 Å². The number of allylic oxidation sites excluding steroid dienone is 2. The lowest BCUT2D eigenvalue weighted by Crippen LogP contribution is -1.81. The second-order valence-electron chi connectivity index (χ2n) is 4.83. The lowest BCUT2D eigenvalue weighted by molar-refractivity contribution is 1.74. The fourth-order valence-electron chi connectivity index (χ4n) is 2.98. The second-order valence-corrected chi connectivity index (χ2v) is 4.83. The van der Waals surface area contributed by atoms with Crippen molar-refractivity contribution in [2.75, 3.05) is 0 Å². The Kier molecular flexibility index (Phi) is 1.67. The van der Waals surface area contributed by atoms with Crippen LogP contribution in [0.4, 0.5) is 0 Å². The summed E-state index contributed by atoms with van der Waals surface area (Å²) in [6.07, 6.45) is 0. The van der Waals surface area contributed by atoms with E-state index >= 15 is 0 Å². The van der Waals surface area contributed by atoms with E-state index in [1.165, 1.54) is 32.7 Å². The average molecular weight is 228 g/mol. The van der Waals surface area contributed by atoms with Crippen LogP contribution in [0.15, 0.2) is 61.7 Å². The Morgan fingerprint density at radius 1 is 0.667 bits per heavy atom. The van der Waals surface area contributed by atoms with E-state index in [1.807, 2.05) is 0 Å². The molecule has 18 heavy (non-hydrogen) atoms. The molecule has 0 heterocycles. The van der Waals surface area contributed by atoms with Gasteiger partial charge in [0.15, 0.2) is 0 Å². The predicted molar refractivity (Wildman–Crippen MR) is 79.5 cm³/mol. The molecule has 0 saturated heterocycles. The Hall–Kier alpha value is -2.34. The van der Waals surface area contributed by atoms with Gasteiger partial charge in [0.25, 0.3) is 0 Å². The molecular formula is C18H12. The molecule has 0 radical (unpaired) electrons. The number of benzene rings is 3. The second kappa shape index (κ2) is 3.11. The van der Waals surface area contributed by atoms with Crippen molar-refractivity contribution >= 4 is 32.7 Å². The molecule has 1 aliphatic rings. The fourth-order valence-corrected chi connectivity index (χ4v) is 2.98. The van der Waals surface area contributed by atoms with Crippen LogP contribution in [0.5, 0.6) is 0 Å². The van der Waals surface area contributed by atoms with Gasteiger partial charge in [-0.2, -0.15) is 0 Å². The minimum atomic E-state index is 1.06. The van der Waals surface area contributed by atoms with Gasteiger partial charge < -0.3 is 0 Å². The van der Waals surface area contributed by atoms with E-state index in [-0.39, 0.29) is 0 Å². The van der Waals surface area contributed by atoms with Gasteiger partial charge in [-0.15, -0.1) is 0 Å². The largest absolute Gasteiger partial charge is 0.0905 e. The summed E-state index contributed by atoms with van der Waals surface area (Å²) in [6, 6.07) is 17.2. The third kappa shape index (κ3) is 1.01. The molecule has 0 bridgehead atoms. The summed E-state index contributed by atoms with van der Waals surface area (Å²) in [5, 5.41) is 5.19. The van der Waals surface area contributed by atoms with Gasteiger partial charge in [-0.1, -0.05) is 55.6 Å². The van der Waals surface area contributed by atoms with Crippen LogP contribution in [0.25, 0.3) is 32.7 Å². The first-order valence-corrected chi connectivity index (χ1v) is 6.11. The summed E-state index contributed by atoms with van der Waals surface area (Å²) in [6.45, 7) is 8.35. The fraction of sp³-hybridized carbons (Fsp3) is 0. The minimum absolute atomic E-state index is 1.06. The number of fused-ring (bicyclic) bond motifs is 2. The SMILES string of the molecule is C=C1C(=C)c2cc3ccccc3c3cccc1c23.